The molecule has 0 unspecified atom stereocenters. The van der Waals surface area contributed by atoms with E-state index in [0.717, 1.165) is 30.5 Å². The highest BCUT2D eigenvalue weighted by atomic mass is 35.5. The number of halogens is 1. The number of amides is 1. The molecule has 1 aromatic carbocycles. The van der Waals surface area contributed by atoms with Crippen molar-refractivity contribution >= 4 is 23.2 Å². The van der Waals surface area contributed by atoms with E-state index in [1.807, 2.05) is 13.0 Å². The molecule has 114 valence electrons. The molecule has 0 heterocycles. The number of aryl methyl sites for hydroxylation is 1. The van der Waals surface area contributed by atoms with E-state index >= 15 is 0 Å². The standard InChI is InChI=1S/C16H21ClN2O2/c1-11-4-3-5-13(8-11)18-19-16(20)10-21-14-6-7-15(17)12(2)9-14/h6-7,9,11H,3-5,8,10H2,1-2H3,(H,19,20)/b18-13-/t11-/m1/s1. The fourth-order valence-corrected chi connectivity index (χ4v) is 2.51. The third-order valence-electron chi connectivity index (χ3n) is 3.58. The molecular formula is C16H21ClN2O2. The van der Waals surface area contributed by atoms with Crippen molar-refractivity contribution in [3.8, 4) is 5.75 Å². The number of hydrazone groups is 1. The van der Waals surface area contributed by atoms with Crippen molar-refractivity contribution in [3.05, 3.63) is 28.8 Å². The summed E-state index contributed by atoms with van der Waals surface area (Å²) in [4.78, 5) is 11.7. The van der Waals surface area contributed by atoms with E-state index < -0.39 is 0 Å². The second-order valence-electron chi connectivity index (χ2n) is 5.61. The molecule has 0 aliphatic heterocycles. The summed E-state index contributed by atoms with van der Waals surface area (Å²) in [5.74, 6) is 1.04. The summed E-state index contributed by atoms with van der Waals surface area (Å²) in [6.07, 6.45) is 4.34. The summed E-state index contributed by atoms with van der Waals surface area (Å²) in [6, 6.07) is 5.31. The minimum Gasteiger partial charge on any atom is -0.484 e. The van der Waals surface area contributed by atoms with Gasteiger partial charge >= 0.3 is 0 Å². The highest BCUT2D eigenvalue weighted by Gasteiger charge is 2.14. The van der Waals surface area contributed by atoms with E-state index in [1.165, 1.54) is 6.42 Å². The molecule has 2 rings (SSSR count). The first-order valence-electron chi connectivity index (χ1n) is 7.28. The molecule has 1 aromatic rings. The molecule has 21 heavy (non-hydrogen) atoms. The van der Waals surface area contributed by atoms with Gasteiger partial charge in [0, 0.05) is 10.7 Å². The fraction of sp³-hybridized carbons (Fsp3) is 0.500. The average Bonchev–Trinajstić information content (AvgIpc) is 2.46. The zero-order valence-electron chi connectivity index (χ0n) is 12.5. The van der Waals surface area contributed by atoms with Gasteiger partial charge in [0.1, 0.15) is 5.75 Å². The molecule has 1 aliphatic carbocycles. The number of benzene rings is 1. The number of carbonyl (C=O) groups is 1. The van der Waals surface area contributed by atoms with E-state index in [0.29, 0.717) is 16.7 Å². The number of hydrogen-bond acceptors (Lipinski definition) is 3. The Labute approximate surface area is 130 Å². The summed E-state index contributed by atoms with van der Waals surface area (Å²) in [5.41, 5.74) is 4.56. The Hall–Kier alpha value is -1.55. The highest BCUT2D eigenvalue weighted by Crippen LogP contribution is 2.21. The van der Waals surface area contributed by atoms with Crippen molar-refractivity contribution in [1.82, 2.24) is 5.43 Å². The molecule has 0 radical (unpaired) electrons. The topological polar surface area (TPSA) is 50.7 Å². The molecule has 0 saturated heterocycles. The second-order valence-corrected chi connectivity index (χ2v) is 6.02. The first kappa shape index (κ1) is 15.8. The van der Waals surface area contributed by atoms with E-state index in [2.05, 4.69) is 17.5 Å². The van der Waals surface area contributed by atoms with Crippen LogP contribution in [0.5, 0.6) is 5.75 Å². The molecule has 0 bridgehead atoms. The van der Waals surface area contributed by atoms with Crippen LogP contribution in [0.15, 0.2) is 23.3 Å². The van der Waals surface area contributed by atoms with Gasteiger partial charge in [-0.1, -0.05) is 18.5 Å². The third kappa shape index (κ3) is 5.05. The van der Waals surface area contributed by atoms with Crippen LogP contribution in [-0.2, 0) is 4.79 Å². The minimum absolute atomic E-state index is 0.0482. The first-order chi connectivity index (χ1) is 10.0. The van der Waals surface area contributed by atoms with Crippen molar-refractivity contribution in [3.63, 3.8) is 0 Å². The average molecular weight is 309 g/mol. The van der Waals surface area contributed by atoms with Crippen molar-refractivity contribution in [2.24, 2.45) is 11.0 Å². The van der Waals surface area contributed by atoms with Crippen LogP contribution >= 0.6 is 11.6 Å². The maximum absolute atomic E-state index is 11.7. The molecular weight excluding hydrogens is 288 g/mol. The number of ether oxygens (including phenoxy) is 1. The maximum Gasteiger partial charge on any atom is 0.277 e. The summed E-state index contributed by atoms with van der Waals surface area (Å²) in [7, 11) is 0. The molecule has 1 aliphatic rings. The van der Waals surface area contributed by atoms with Crippen LogP contribution < -0.4 is 10.2 Å². The van der Waals surface area contributed by atoms with Gasteiger partial charge in [0.15, 0.2) is 6.61 Å². The van der Waals surface area contributed by atoms with Crippen molar-refractivity contribution in [1.29, 1.82) is 0 Å². The van der Waals surface area contributed by atoms with E-state index in [1.54, 1.807) is 12.1 Å². The molecule has 1 N–H and O–H groups in total. The molecule has 0 spiro atoms. The fourth-order valence-electron chi connectivity index (χ4n) is 2.39. The number of hydrogen-bond donors (Lipinski definition) is 1. The monoisotopic (exact) mass is 308 g/mol. The zero-order chi connectivity index (χ0) is 15.2. The number of rotatable bonds is 4. The van der Waals surface area contributed by atoms with Gasteiger partial charge in [0.2, 0.25) is 0 Å². The van der Waals surface area contributed by atoms with Crippen LogP contribution in [0.1, 0.15) is 38.2 Å². The lowest BCUT2D eigenvalue weighted by Gasteiger charge is -2.18. The van der Waals surface area contributed by atoms with Crippen LogP contribution in [0.3, 0.4) is 0 Å². The molecule has 4 nitrogen and oxygen atoms in total. The van der Waals surface area contributed by atoms with Gasteiger partial charge in [-0.2, -0.15) is 5.10 Å². The predicted molar refractivity (Wildman–Crippen MR) is 84.9 cm³/mol. The van der Waals surface area contributed by atoms with Gasteiger partial charge < -0.3 is 4.74 Å². The van der Waals surface area contributed by atoms with Gasteiger partial charge in [-0.05, 0) is 62.3 Å². The largest absolute Gasteiger partial charge is 0.484 e. The summed E-state index contributed by atoms with van der Waals surface area (Å²) < 4.78 is 5.42. The van der Waals surface area contributed by atoms with E-state index in [9.17, 15) is 4.79 Å². The lowest BCUT2D eigenvalue weighted by Crippen LogP contribution is -2.27. The van der Waals surface area contributed by atoms with Crippen molar-refractivity contribution in [2.75, 3.05) is 6.61 Å². The number of nitrogens with zero attached hydrogens (tertiary/aromatic N) is 1. The highest BCUT2D eigenvalue weighted by molar-refractivity contribution is 6.31. The van der Waals surface area contributed by atoms with Gasteiger partial charge in [-0.3, -0.25) is 4.79 Å². The van der Waals surface area contributed by atoms with Crippen molar-refractivity contribution < 1.29 is 9.53 Å². The minimum atomic E-state index is -0.242. The zero-order valence-corrected chi connectivity index (χ0v) is 13.2. The Morgan fingerprint density at radius 3 is 3.05 bits per heavy atom. The van der Waals surface area contributed by atoms with Crippen LogP contribution in [-0.4, -0.2) is 18.2 Å². The molecule has 1 fully saturated rings. The van der Waals surface area contributed by atoms with Crippen molar-refractivity contribution in [2.45, 2.75) is 39.5 Å². The third-order valence-corrected chi connectivity index (χ3v) is 4.01. The Bertz CT molecular complexity index is 543. The Kier molecular flexibility index (Phi) is 5.62. The van der Waals surface area contributed by atoms with Gasteiger partial charge in [-0.15, -0.1) is 0 Å². The van der Waals surface area contributed by atoms with Crippen LogP contribution in [0.2, 0.25) is 5.02 Å². The lowest BCUT2D eigenvalue weighted by atomic mass is 9.89. The second kappa shape index (κ2) is 7.46. The number of nitrogens with one attached hydrogen (secondary N) is 1. The molecule has 1 amide bonds. The molecule has 5 heteroatoms. The summed E-state index contributed by atoms with van der Waals surface area (Å²) >= 11 is 5.94. The molecule has 0 aromatic heterocycles. The quantitative estimate of drug-likeness (QED) is 0.862. The maximum atomic E-state index is 11.7. The van der Waals surface area contributed by atoms with Gasteiger partial charge in [-0.25, -0.2) is 5.43 Å². The Balaban J connectivity index is 1.79. The Morgan fingerprint density at radius 2 is 2.33 bits per heavy atom. The van der Waals surface area contributed by atoms with Crippen LogP contribution in [0, 0.1) is 12.8 Å². The summed E-state index contributed by atoms with van der Waals surface area (Å²) in [6.45, 7) is 4.06. The SMILES string of the molecule is Cc1cc(OCC(=O)N/N=C2/CCC[C@@H](C)C2)ccc1Cl. The normalized spacial score (nSPS) is 20.3. The van der Waals surface area contributed by atoms with Gasteiger partial charge in [0.25, 0.3) is 5.91 Å². The van der Waals surface area contributed by atoms with E-state index in [-0.39, 0.29) is 12.5 Å². The van der Waals surface area contributed by atoms with Gasteiger partial charge in [0.05, 0.1) is 0 Å². The molecule has 1 saturated carbocycles. The van der Waals surface area contributed by atoms with Crippen LogP contribution in [0.25, 0.3) is 0 Å². The predicted octanol–water partition coefficient (Wildman–Crippen LogP) is 3.71. The van der Waals surface area contributed by atoms with Crippen LogP contribution in [0.4, 0.5) is 0 Å². The molecule has 1 atom stereocenters. The van der Waals surface area contributed by atoms with E-state index in [4.69, 9.17) is 16.3 Å². The smallest absolute Gasteiger partial charge is 0.277 e. The lowest BCUT2D eigenvalue weighted by molar-refractivity contribution is -0.123. The number of carbonyl (C=O) groups excluding carboxylic acids is 1. The summed E-state index contributed by atoms with van der Waals surface area (Å²) in [5, 5.41) is 4.88. The first-order valence-corrected chi connectivity index (χ1v) is 7.65. The Morgan fingerprint density at radius 1 is 1.52 bits per heavy atom.